The second kappa shape index (κ2) is 7.22. The predicted molar refractivity (Wildman–Crippen MR) is 106 cm³/mol. The van der Waals surface area contributed by atoms with E-state index in [1.54, 1.807) is 0 Å². The molecule has 0 saturated carbocycles. The molecule has 2 aliphatic rings. The molecule has 4 rings (SSSR count). The molecule has 1 spiro atoms. The van der Waals surface area contributed by atoms with E-state index in [1.807, 2.05) is 30.0 Å². The van der Waals surface area contributed by atoms with Crippen molar-refractivity contribution in [1.82, 2.24) is 15.1 Å². The highest BCUT2D eigenvalue weighted by molar-refractivity contribution is 5.76. The number of ether oxygens (including phenoxy) is 1. The first kappa shape index (κ1) is 17.8. The lowest BCUT2D eigenvalue weighted by molar-refractivity contribution is -0.131. The summed E-state index contributed by atoms with van der Waals surface area (Å²) in [6, 6.07) is 8.14. The predicted octanol–water partition coefficient (Wildman–Crippen LogP) is 3.82. The summed E-state index contributed by atoms with van der Waals surface area (Å²) in [5, 5.41) is 7.31. The van der Waals surface area contributed by atoms with Crippen molar-refractivity contribution in [2.24, 2.45) is 0 Å². The first-order valence-corrected chi connectivity index (χ1v) is 9.82. The molecule has 0 aliphatic carbocycles. The lowest BCUT2D eigenvalue weighted by Gasteiger charge is -2.34. The maximum Gasteiger partial charge on any atom is 0.222 e. The molecule has 2 aliphatic heterocycles. The second-order valence-corrected chi connectivity index (χ2v) is 7.69. The summed E-state index contributed by atoms with van der Waals surface area (Å²) in [6.07, 6.45) is 8.30. The summed E-state index contributed by atoms with van der Waals surface area (Å²) in [4.78, 5) is 14.7. The first-order chi connectivity index (χ1) is 13.1. The van der Waals surface area contributed by atoms with Crippen LogP contribution in [0.4, 0.5) is 0 Å². The van der Waals surface area contributed by atoms with Crippen LogP contribution in [0.5, 0.6) is 5.75 Å². The number of hydrogen-bond donors (Lipinski definition) is 1. The molecule has 1 aromatic carbocycles. The lowest BCUT2D eigenvalue weighted by Crippen LogP contribution is -2.38. The third-order valence-corrected chi connectivity index (χ3v) is 5.91. The number of nitrogens with one attached hydrogen (secondary N) is 1. The van der Waals surface area contributed by atoms with E-state index >= 15 is 0 Å². The molecule has 2 aromatic rings. The number of nitrogens with zero attached hydrogens (tertiary/aromatic N) is 2. The number of benzene rings is 1. The average molecular weight is 365 g/mol. The number of aryl methyl sites for hydroxylation is 2. The molecule has 27 heavy (non-hydrogen) atoms. The Balaban J connectivity index is 1.37. The Morgan fingerprint density at radius 3 is 2.93 bits per heavy atom. The van der Waals surface area contributed by atoms with Gasteiger partial charge >= 0.3 is 0 Å². The SMILES string of the molecule is Cc1[nH]nc(CCC(=O)N2CCCC3(C=Cc4ccccc4O3)CC2)c1C. The Morgan fingerprint density at radius 2 is 2.11 bits per heavy atom. The smallest absolute Gasteiger partial charge is 0.222 e. The maximum atomic E-state index is 12.7. The average Bonchev–Trinajstić information content (AvgIpc) is 2.88. The number of H-pyrrole nitrogens is 1. The van der Waals surface area contributed by atoms with Gasteiger partial charge in [-0.2, -0.15) is 5.10 Å². The summed E-state index contributed by atoms with van der Waals surface area (Å²) >= 11 is 0. The van der Waals surface area contributed by atoms with Gasteiger partial charge in [-0.25, -0.2) is 0 Å². The Labute approximate surface area is 160 Å². The molecular weight excluding hydrogens is 338 g/mol. The highest BCUT2D eigenvalue weighted by Crippen LogP contribution is 2.37. The van der Waals surface area contributed by atoms with Gasteiger partial charge in [-0.15, -0.1) is 0 Å². The van der Waals surface area contributed by atoms with Gasteiger partial charge in [-0.3, -0.25) is 9.89 Å². The van der Waals surface area contributed by atoms with Gasteiger partial charge < -0.3 is 9.64 Å². The van der Waals surface area contributed by atoms with E-state index < -0.39 is 0 Å². The molecule has 3 heterocycles. The minimum Gasteiger partial charge on any atom is -0.483 e. The van der Waals surface area contributed by atoms with E-state index in [0.29, 0.717) is 12.8 Å². The van der Waals surface area contributed by atoms with Crippen LogP contribution < -0.4 is 4.74 Å². The summed E-state index contributed by atoms with van der Waals surface area (Å²) in [6.45, 7) is 5.61. The molecule has 1 aromatic heterocycles. The van der Waals surface area contributed by atoms with Crippen LogP contribution in [0.15, 0.2) is 30.3 Å². The normalized spacial score (nSPS) is 21.6. The van der Waals surface area contributed by atoms with E-state index in [2.05, 4.69) is 35.3 Å². The van der Waals surface area contributed by atoms with Gasteiger partial charge in [0, 0.05) is 43.6 Å². The number of fused-ring (bicyclic) bond motifs is 1. The third kappa shape index (κ3) is 3.64. The van der Waals surface area contributed by atoms with E-state index in [4.69, 9.17) is 4.74 Å². The fourth-order valence-corrected chi connectivity index (χ4v) is 4.02. The largest absolute Gasteiger partial charge is 0.483 e. The molecule has 1 N–H and O–H groups in total. The van der Waals surface area contributed by atoms with E-state index in [1.165, 1.54) is 0 Å². The standard InChI is InChI=1S/C22H27N3O2/c1-16-17(2)23-24-19(16)8-9-21(26)25-14-5-11-22(13-15-25)12-10-18-6-3-4-7-20(18)27-22/h3-4,6-7,10,12H,5,8-9,11,13-15H2,1-2H3,(H,23,24). The van der Waals surface area contributed by atoms with Crippen molar-refractivity contribution < 1.29 is 9.53 Å². The van der Waals surface area contributed by atoms with Crippen molar-refractivity contribution in [2.75, 3.05) is 13.1 Å². The summed E-state index contributed by atoms with van der Waals surface area (Å²) in [5.74, 6) is 1.16. The number of amides is 1. The summed E-state index contributed by atoms with van der Waals surface area (Å²) < 4.78 is 6.38. The molecule has 1 fully saturated rings. The lowest BCUT2D eigenvalue weighted by atomic mass is 9.91. The van der Waals surface area contributed by atoms with Crippen molar-refractivity contribution in [3.05, 3.63) is 52.9 Å². The van der Waals surface area contributed by atoms with E-state index in [-0.39, 0.29) is 11.5 Å². The van der Waals surface area contributed by atoms with Crippen LogP contribution >= 0.6 is 0 Å². The Hall–Kier alpha value is -2.56. The van der Waals surface area contributed by atoms with Crippen LogP contribution in [0.1, 0.15) is 48.2 Å². The zero-order chi connectivity index (χ0) is 18.9. The van der Waals surface area contributed by atoms with E-state index in [0.717, 1.165) is 60.6 Å². The molecule has 0 radical (unpaired) electrons. The monoisotopic (exact) mass is 365 g/mol. The van der Waals surface area contributed by atoms with Gasteiger partial charge in [0.2, 0.25) is 5.91 Å². The highest BCUT2D eigenvalue weighted by atomic mass is 16.5. The number of aromatic nitrogens is 2. The molecule has 142 valence electrons. The Morgan fingerprint density at radius 1 is 1.26 bits per heavy atom. The molecule has 5 nitrogen and oxygen atoms in total. The molecule has 1 amide bonds. The Bertz CT molecular complexity index is 870. The minimum atomic E-state index is -0.278. The van der Waals surface area contributed by atoms with Crippen molar-refractivity contribution in [3.8, 4) is 5.75 Å². The van der Waals surface area contributed by atoms with Crippen LogP contribution in [-0.2, 0) is 11.2 Å². The van der Waals surface area contributed by atoms with Crippen molar-refractivity contribution in [3.63, 3.8) is 0 Å². The van der Waals surface area contributed by atoms with Crippen LogP contribution in [-0.4, -0.2) is 39.7 Å². The number of hydrogen-bond acceptors (Lipinski definition) is 3. The van der Waals surface area contributed by atoms with Crippen molar-refractivity contribution in [1.29, 1.82) is 0 Å². The maximum absolute atomic E-state index is 12.7. The topological polar surface area (TPSA) is 58.2 Å². The van der Waals surface area contributed by atoms with Gasteiger partial charge in [0.15, 0.2) is 0 Å². The third-order valence-electron chi connectivity index (χ3n) is 5.91. The van der Waals surface area contributed by atoms with Crippen molar-refractivity contribution >= 4 is 12.0 Å². The number of aromatic amines is 1. The van der Waals surface area contributed by atoms with Crippen molar-refractivity contribution in [2.45, 2.75) is 51.6 Å². The van der Waals surface area contributed by atoms with Gasteiger partial charge in [0.25, 0.3) is 0 Å². The molecular formula is C22H27N3O2. The van der Waals surface area contributed by atoms with Crippen LogP contribution in [0.25, 0.3) is 6.08 Å². The fourth-order valence-electron chi connectivity index (χ4n) is 4.02. The molecule has 1 atom stereocenters. The number of carbonyl (C=O) groups is 1. The molecule has 1 unspecified atom stereocenters. The molecule has 5 heteroatoms. The van der Waals surface area contributed by atoms with Gasteiger partial charge in [-0.1, -0.05) is 24.3 Å². The van der Waals surface area contributed by atoms with Crippen LogP contribution in [0.3, 0.4) is 0 Å². The van der Waals surface area contributed by atoms with Crippen LogP contribution in [0.2, 0.25) is 0 Å². The number of rotatable bonds is 3. The zero-order valence-corrected chi connectivity index (χ0v) is 16.1. The van der Waals surface area contributed by atoms with Gasteiger partial charge in [-0.05, 0) is 44.4 Å². The molecule has 0 bridgehead atoms. The Kier molecular flexibility index (Phi) is 4.77. The zero-order valence-electron chi connectivity index (χ0n) is 16.1. The van der Waals surface area contributed by atoms with Gasteiger partial charge in [0.1, 0.15) is 11.4 Å². The fraction of sp³-hybridized carbons (Fsp3) is 0.455. The number of carbonyl (C=O) groups excluding carboxylic acids is 1. The summed E-state index contributed by atoms with van der Waals surface area (Å²) in [7, 11) is 0. The van der Waals surface area contributed by atoms with E-state index in [9.17, 15) is 4.79 Å². The van der Waals surface area contributed by atoms with Gasteiger partial charge in [0.05, 0.1) is 5.69 Å². The quantitative estimate of drug-likeness (QED) is 0.900. The summed E-state index contributed by atoms with van der Waals surface area (Å²) in [5.41, 5.74) is 4.10. The number of likely N-dealkylation sites (tertiary alicyclic amines) is 1. The first-order valence-electron chi connectivity index (χ1n) is 9.82. The minimum absolute atomic E-state index is 0.215. The number of para-hydroxylation sites is 1. The highest BCUT2D eigenvalue weighted by Gasteiger charge is 2.35. The molecule has 1 saturated heterocycles. The second-order valence-electron chi connectivity index (χ2n) is 7.69. The van der Waals surface area contributed by atoms with Crippen LogP contribution in [0, 0.1) is 13.8 Å².